The third-order valence-electron chi connectivity index (χ3n) is 5.67. The predicted molar refractivity (Wildman–Crippen MR) is 109 cm³/mol. The average molecular weight is 433 g/mol. The highest BCUT2D eigenvalue weighted by Gasteiger charge is 2.31. The minimum atomic E-state index is -3.57. The Labute approximate surface area is 173 Å². The van der Waals surface area contributed by atoms with Gasteiger partial charge < -0.3 is 19.7 Å². The summed E-state index contributed by atoms with van der Waals surface area (Å²) in [6.45, 7) is 3.50. The van der Waals surface area contributed by atoms with Crippen LogP contribution in [0.15, 0.2) is 23.1 Å². The van der Waals surface area contributed by atoms with Crippen LogP contribution in [0.4, 0.5) is 0 Å². The number of rotatable bonds is 6. The monoisotopic (exact) mass is 432 g/mol. The zero-order valence-corrected chi connectivity index (χ0v) is 18.0. The van der Waals surface area contributed by atoms with Gasteiger partial charge in [-0.15, -0.1) is 12.4 Å². The van der Waals surface area contributed by atoms with Crippen molar-refractivity contribution in [3.8, 4) is 11.5 Å². The molecule has 0 unspecified atom stereocenters. The van der Waals surface area contributed by atoms with Gasteiger partial charge in [0.2, 0.25) is 5.91 Å². The topological polar surface area (TPSA) is 84.9 Å². The summed E-state index contributed by atoms with van der Waals surface area (Å²) in [6, 6.07) is 4.50. The lowest BCUT2D eigenvalue weighted by Crippen LogP contribution is -2.33. The van der Waals surface area contributed by atoms with Crippen LogP contribution in [0.1, 0.15) is 19.3 Å². The summed E-state index contributed by atoms with van der Waals surface area (Å²) in [6.07, 6.45) is 1.99. The Morgan fingerprint density at radius 1 is 1.11 bits per heavy atom. The van der Waals surface area contributed by atoms with Crippen LogP contribution in [0, 0.1) is 11.8 Å². The van der Waals surface area contributed by atoms with Gasteiger partial charge in [-0.2, -0.15) is 0 Å². The highest BCUT2D eigenvalue weighted by atomic mass is 35.5. The molecule has 0 saturated carbocycles. The number of methoxy groups -OCH3 is 2. The summed E-state index contributed by atoms with van der Waals surface area (Å²) in [4.78, 5) is 14.6. The van der Waals surface area contributed by atoms with Crippen LogP contribution in [0.2, 0.25) is 0 Å². The molecule has 0 aliphatic carbocycles. The number of benzene rings is 1. The molecule has 9 heteroatoms. The average Bonchev–Trinajstić information content (AvgIpc) is 3.03. The zero-order chi connectivity index (χ0) is 19.4. The number of hydrogen-bond acceptors (Lipinski definition) is 6. The third kappa shape index (κ3) is 5.10. The van der Waals surface area contributed by atoms with Crippen LogP contribution in [-0.2, 0) is 14.6 Å². The first kappa shape index (κ1) is 22.8. The van der Waals surface area contributed by atoms with Gasteiger partial charge in [0.15, 0.2) is 21.3 Å². The second-order valence-electron chi connectivity index (χ2n) is 7.22. The van der Waals surface area contributed by atoms with Crippen molar-refractivity contribution in [1.82, 2.24) is 10.2 Å². The van der Waals surface area contributed by atoms with Gasteiger partial charge in [-0.3, -0.25) is 4.79 Å². The van der Waals surface area contributed by atoms with E-state index in [4.69, 9.17) is 9.47 Å². The molecule has 0 aromatic heterocycles. The largest absolute Gasteiger partial charge is 0.493 e. The van der Waals surface area contributed by atoms with Crippen LogP contribution >= 0.6 is 12.4 Å². The molecule has 1 N–H and O–H groups in total. The van der Waals surface area contributed by atoms with Crippen molar-refractivity contribution in [1.29, 1.82) is 0 Å². The summed E-state index contributed by atoms with van der Waals surface area (Å²) in [5.41, 5.74) is 0. The Morgan fingerprint density at radius 3 is 2.29 bits per heavy atom. The minimum absolute atomic E-state index is 0. The maximum atomic E-state index is 12.6. The van der Waals surface area contributed by atoms with Gasteiger partial charge in [0.1, 0.15) is 0 Å². The molecule has 0 spiro atoms. The van der Waals surface area contributed by atoms with E-state index in [-0.39, 0.29) is 35.4 Å². The van der Waals surface area contributed by atoms with Crippen LogP contribution in [0.3, 0.4) is 0 Å². The molecule has 3 rings (SSSR count). The van der Waals surface area contributed by atoms with Crippen LogP contribution < -0.4 is 14.8 Å². The molecule has 1 aromatic carbocycles. The number of fused-ring (bicyclic) bond motifs is 1. The molecule has 0 bridgehead atoms. The lowest BCUT2D eigenvalue weighted by atomic mass is 9.92. The van der Waals surface area contributed by atoms with E-state index in [1.165, 1.54) is 26.4 Å². The summed E-state index contributed by atoms with van der Waals surface area (Å²) in [5, 5.41) is 3.41. The number of carbonyl (C=O) groups is 1. The number of carbonyl (C=O) groups excluding carboxylic acids is 1. The summed E-state index contributed by atoms with van der Waals surface area (Å²) < 4.78 is 35.6. The molecule has 1 aromatic rings. The molecule has 28 heavy (non-hydrogen) atoms. The lowest BCUT2D eigenvalue weighted by molar-refractivity contribution is -0.130. The predicted octanol–water partition coefficient (Wildman–Crippen LogP) is 1.75. The summed E-state index contributed by atoms with van der Waals surface area (Å²) in [7, 11) is -0.612. The van der Waals surface area contributed by atoms with Crippen LogP contribution in [0.5, 0.6) is 11.5 Å². The van der Waals surface area contributed by atoms with Gasteiger partial charge in [-0.25, -0.2) is 8.42 Å². The van der Waals surface area contributed by atoms with E-state index < -0.39 is 9.84 Å². The van der Waals surface area contributed by atoms with Crippen molar-refractivity contribution in [2.24, 2.45) is 11.8 Å². The molecule has 7 nitrogen and oxygen atoms in total. The molecule has 2 aliphatic heterocycles. The Balaban J connectivity index is 0.00000280. The Bertz CT molecular complexity index is 773. The van der Waals surface area contributed by atoms with Crippen molar-refractivity contribution in [3.63, 3.8) is 0 Å². The van der Waals surface area contributed by atoms with Crippen LogP contribution in [0.25, 0.3) is 0 Å². The second-order valence-corrected chi connectivity index (χ2v) is 9.33. The fraction of sp³-hybridized carbons (Fsp3) is 0.632. The first-order valence-electron chi connectivity index (χ1n) is 9.38. The number of likely N-dealkylation sites (tertiary alicyclic amines) is 1. The smallest absolute Gasteiger partial charge is 0.223 e. The SMILES string of the molecule is COc1ccc(S(=O)(=O)CCC(=O)N2CC[C@@H]3CNC[C@@H]3CC2)cc1OC.Cl. The van der Waals surface area contributed by atoms with Crippen molar-refractivity contribution in [3.05, 3.63) is 18.2 Å². The summed E-state index contributed by atoms with van der Waals surface area (Å²) >= 11 is 0. The molecule has 1 amide bonds. The van der Waals surface area contributed by atoms with Gasteiger partial charge in [0.05, 0.1) is 24.9 Å². The quantitative estimate of drug-likeness (QED) is 0.737. The van der Waals surface area contributed by atoms with Gasteiger partial charge in [0, 0.05) is 25.6 Å². The van der Waals surface area contributed by atoms with Gasteiger partial charge in [0.25, 0.3) is 0 Å². The van der Waals surface area contributed by atoms with Crippen molar-refractivity contribution in [2.45, 2.75) is 24.2 Å². The number of amides is 1. The van der Waals surface area contributed by atoms with E-state index in [1.54, 1.807) is 6.07 Å². The number of halogens is 1. The number of ether oxygens (including phenoxy) is 2. The fourth-order valence-corrected chi connectivity index (χ4v) is 5.22. The molecule has 158 valence electrons. The zero-order valence-electron chi connectivity index (χ0n) is 16.3. The first-order valence-corrected chi connectivity index (χ1v) is 11.0. The lowest BCUT2D eigenvalue weighted by Gasteiger charge is -2.21. The molecular weight excluding hydrogens is 404 g/mol. The second kappa shape index (κ2) is 9.80. The van der Waals surface area contributed by atoms with E-state index in [0.29, 0.717) is 23.3 Å². The van der Waals surface area contributed by atoms with Gasteiger partial charge >= 0.3 is 0 Å². The number of hydrogen-bond donors (Lipinski definition) is 1. The van der Waals surface area contributed by atoms with Crippen molar-refractivity contribution in [2.75, 3.05) is 46.2 Å². The molecule has 2 aliphatic rings. The third-order valence-corrected chi connectivity index (χ3v) is 7.38. The van der Waals surface area contributed by atoms with Crippen molar-refractivity contribution < 1.29 is 22.7 Å². The molecule has 2 saturated heterocycles. The number of nitrogens with one attached hydrogen (secondary N) is 1. The molecule has 2 fully saturated rings. The summed E-state index contributed by atoms with van der Waals surface area (Å²) in [5.74, 6) is 1.82. The first-order chi connectivity index (χ1) is 12.9. The number of nitrogens with zero attached hydrogens (tertiary/aromatic N) is 1. The fourth-order valence-electron chi connectivity index (χ4n) is 3.98. The maximum Gasteiger partial charge on any atom is 0.223 e. The van der Waals surface area contributed by atoms with E-state index in [1.807, 2.05) is 4.90 Å². The standard InChI is InChI=1S/C19H28N2O5S.ClH/c1-25-17-4-3-16(11-18(17)26-2)27(23,24)10-7-19(22)21-8-5-14-12-20-13-15(14)6-9-21;/h3-4,11,14-15,20H,5-10,12-13H2,1-2H3;1H/t14-,15+;. The molecule has 0 radical (unpaired) electrons. The molecule has 2 heterocycles. The highest BCUT2D eigenvalue weighted by molar-refractivity contribution is 7.91. The highest BCUT2D eigenvalue weighted by Crippen LogP contribution is 2.30. The van der Waals surface area contributed by atoms with E-state index in [2.05, 4.69) is 5.32 Å². The molecular formula is C19H29ClN2O5S. The maximum absolute atomic E-state index is 12.6. The molecule has 2 atom stereocenters. The van der Waals surface area contributed by atoms with Crippen molar-refractivity contribution >= 4 is 28.2 Å². The normalized spacial score (nSPS) is 22.0. The van der Waals surface area contributed by atoms with Gasteiger partial charge in [-0.05, 0) is 49.9 Å². The number of sulfone groups is 1. The Kier molecular flexibility index (Phi) is 7.97. The van der Waals surface area contributed by atoms with Gasteiger partial charge in [-0.1, -0.05) is 0 Å². The Morgan fingerprint density at radius 2 is 1.71 bits per heavy atom. The van der Waals surface area contributed by atoms with E-state index >= 15 is 0 Å². The van der Waals surface area contributed by atoms with E-state index in [9.17, 15) is 13.2 Å². The van der Waals surface area contributed by atoms with E-state index in [0.717, 1.165) is 39.0 Å². The van der Waals surface area contributed by atoms with Crippen LogP contribution in [-0.4, -0.2) is 65.4 Å². The minimum Gasteiger partial charge on any atom is -0.493 e. The Hall–Kier alpha value is -1.51.